The molecule has 0 atom stereocenters. The Hall–Kier alpha value is -4.79. The van der Waals surface area contributed by atoms with Crippen molar-refractivity contribution in [2.24, 2.45) is 0 Å². The van der Waals surface area contributed by atoms with Gasteiger partial charge in [0.2, 0.25) is 0 Å². The van der Waals surface area contributed by atoms with Crippen molar-refractivity contribution in [3.05, 3.63) is 76.5 Å². The number of nitrogens with zero attached hydrogens (tertiary/aromatic N) is 6. The Bertz CT molecular complexity index is 1690. The molecule has 0 bridgehead atoms. The third-order valence-electron chi connectivity index (χ3n) is 6.45. The second kappa shape index (κ2) is 10.4. The van der Waals surface area contributed by atoms with Gasteiger partial charge in [0.25, 0.3) is 5.56 Å². The van der Waals surface area contributed by atoms with E-state index in [4.69, 9.17) is 9.47 Å². The Labute approximate surface area is 228 Å². The molecule has 1 amide bonds. The highest BCUT2D eigenvalue weighted by molar-refractivity contribution is 5.79. The molecule has 2 aromatic heterocycles. The van der Waals surface area contributed by atoms with Crippen LogP contribution in [0.5, 0.6) is 11.5 Å². The molecule has 1 aliphatic heterocycles. The monoisotopic (exact) mass is 548 g/mol. The molecule has 3 heterocycles. The zero-order chi connectivity index (χ0) is 28.6. The SMILES string of the molecule is CC(C)(C)OC(=O)N1CCC(n2ccc(-n3cnc4ccc(Oc5c(F)ccc(F)c5C#N)cc4c3=O)n2)CC1. The van der Waals surface area contributed by atoms with Crippen LogP contribution < -0.4 is 10.3 Å². The normalized spacial score (nSPS) is 14.2. The van der Waals surface area contributed by atoms with E-state index < -0.39 is 34.1 Å². The van der Waals surface area contributed by atoms with Crippen LogP contribution in [0.3, 0.4) is 0 Å². The van der Waals surface area contributed by atoms with Crippen LogP contribution in [-0.2, 0) is 4.74 Å². The number of carbonyl (C=O) groups excluding carboxylic acids is 1. The molecule has 10 nitrogen and oxygen atoms in total. The molecular formula is C28H26F2N6O4. The summed E-state index contributed by atoms with van der Waals surface area (Å²) in [6, 6.07) is 9.34. The van der Waals surface area contributed by atoms with Gasteiger partial charge < -0.3 is 14.4 Å². The number of fused-ring (bicyclic) bond motifs is 1. The lowest BCUT2D eigenvalue weighted by molar-refractivity contribution is 0.0184. The van der Waals surface area contributed by atoms with Crippen molar-refractivity contribution in [1.29, 1.82) is 5.26 Å². The number of rotatable bonds is 4. The molecule has 0 aliphatic carbocycles. The molecule has 0 saturated carbocycles. The first-order valence-corrected chi connectivity index (χ1v) is 12.6. The lowest BCUT2D eigenvalue weighted by Crippen LogP contribution is -2.42. The van der Waals surface area contributed by atoms with Crippen LogP contribution in [0.25, 0.3) is 16.7 Å². The maximum absolute atomic E-state index is 14.3. The van der Waals surface area contributed by atoms with E-state index >= 15 is 0 Å². The average molecular weight is 549 g/mol. The summed E-state index contributed by atoms with van der Waals surface area (Å²) in [4.78, 5) is 31.7. The number of benzene rings is 2. The number of hydrogen-bond donors (Lipinski definition) is 0. The zero-order valence-corrected chi connectivity index (χ0v) is 22.1. The molecule has 0 spiro atoms. The second-order valence-electron chi connectivity index (χ2n) is 10.4. The maximum Gasteiger partial charge on any atom is 0.410 e. The van der Waals surface area contributed by atoms with Gasteiger partial charge in [-0.25, -0.2) is 23.1 Å². The van der Waals surface area contributed by atoms with Crippen LogP contribution in [0, 0.1) is 23.0 Å². The molecule has 2 aromatic carbocycles. The number of aromatic nitrogens is 4. The smallest absolute Gasteiger partial charge is 0.410 e. The first-order valence-electron chi connectivity index (χ1n) is 12.6. The summed E-state index contributed by atoms with van der Waals surface area (Å²) in [6.45, 7) is 6.53. The molecule has 12 heteroatoms. The second-order valence-corrected chi connectivity index (χ2v) is 10.4. The number of piperidine rings is 1. The predicted octanol–water partition coefficient (Wildman–Crippen LogP) is 5.10. The van der Waals surface area contributed by atoms with Crippen LogP contribution in [-0.4, -0.2) is 49.0 Å². The summed E-state index contributed by atoms with van der Waals surface area (Å²) in [5.41, 5.74) is -1.22. The number of hydrogen-bond acceptors (Lipinski definition) is 7. The fraction of sp³-hybridized carbons (Fsp3) is 0.321. The van der Waals surface area contributed by atoms with Gasteiger partial charge >= 0.3 is 6.09 Å². The van der Waals surface area contributed by atoms with E-state index in [9.17, 15) is 23.6 Å². The van der Waals surface area contributed by atoms with E-state index in [1.165, 1.54) is 29.1 Å². The topological polar surface area (TPSA) is 115 Å². The lowest BCUT2D eigenvalue weighted by Gasteiger charge is -2.33. The van der Waals surface area contributed by atoms with E-state index in [2.05, 4.69) is 10.1 Å². The Morgan fingerprint density at radius 2 is 1.82 bits per heavy atom. The van der Waals surface area contributed by atoms with Gasteiger partial charge in [-0.1, -0.05) is 0 Å². The molecule has 0 radical (unpaired) electrons. The fourth-order valence-corrected chi connectivity index (χ4v) is 4.48. The first-order chi connectivity index (χ1) is 19.0. The molecule has 0 unspecified atom stereocenters. The summed E-state index contributed by atoms with van der Waals surface area (Å²) in [5, 5.41) is 14.0. The van der Waals surface area contributed by atoms with Gasteiger partial charge in [-0.05, 0) is 63.9 Å². The van der Waals surface area contributed by atoms with Gasteiger partial charge in [0, 0.05) is 25.4 Å². The highest BCUT2D eigenvalue weighted by Gasteiger charge is 2.28. The number of likely N-dealkylation sites (tertiary alicyclic amines) is 1. The number of amides is 1. The molecule has 1 saturated heterocycles. The summed E-state index contributed by atoms with van der Waals surface area (Å²) in [5.74, 6) is -2.02. The minimum atomic E-state index is -0.921. The van der Waals surface area contributed by atoms with Crippen molar-refractivity contribution in [3.63, 3.8) is 0 Å². The standard InChI is InChI=1S/C28H26F2N6O4/c1-28(2,3)40-27(38)34-11-8-17(9-12-34)36-13-10-24(33-36)35-16-32-23-7-4-18(14-19(23)26(35)37)39-25-20(15-31)21(29)5-6-22(25)30/h4-7,10,13-14,16-17H,8-9,11-12H2,1-3H3. The third-order valence-corrected chi connectivity index (χ3v) is 6.45. The summed E-state index contributed by atoms with van der Waals surface area (Å²) in [7, 11) is 0. The Kier molecular flexibility index (Phi) is 6.97. The minimum Gasteiger partial charge on any atom is -0.453 e. The van der Waals surface area contributed by atoms with Gasteiger partial charge in [0.05, 0.1) is 16.9 Å². The lowest BCUT2D eigenvalue weighted by atomic mass is 10.1. The van der Waals surface area contributed by atoms with E-state index in [1.807, 2.05) is 20.8 Å². The Balaban J connectivity index is 1.36. The first kappa shape index (κ1) is 26.8. The molecule has 1 aliphatic rings. The van der Waals surface area contributed by atoms with Crippen LogP contribution in [0.4, 0.5) is 13.6 Å². The van der Waals surface area contributed by atoms with Crippen molar-refractivity contribution < 1.29 is 23.0 Å². The summed E-state index contributed by atoms with van der Waals surface area (Å²) < 4.78 is 42.3. The molecular weight excluding hydrogens is 522 g/mol. The largest absolute Gasteiger partial charge is 0.453 e. The molecule has 1 fully saturated rings. The predicted molar refractivity (Wildman–Crippen MR) is 140 cm³/mol. The van der Waals surface area contributed by atoms with Crippen LogP contribution in [0.2, 0.25) is 0 Å². The van der Waals surface area contributed by atoms with E-state index in [0.717, 1.165) is 12.1 Å². The van der Waals surface area contributed by atoms with E-state index in [0.29, 0.717) is 37.3 Å². The Morgan fingerprint density at radius 3 is 2.52 bits per heavy atom. The average Bonchev–Trinajstić information content (AvgIpc) is 3.40. The van der Waals surface area contributed by atoms with Gasteiger partial charge in [0.1, 0.15) is 35.1 Å². The fourth-order valence-electron chi connectivity index (χ4n) is 4.48. The van der Waals surface area contributed by atoms with Gasteiger partial charge in [0.15, 0.2) is 17.4 Å². The van der Waals surface area contributed by atoms with Crippen molar-refractivity contribution >= 4 is 17.0 Å². The van der Waals surface area contributed by atoms with Crippen LogP contribution in [0.1, 0.15) is 45.2 Å². The summed E-state index contributed by atoms with van der Waals surface area (Å²) >= 11 is 0. The molecule has 0 N–H and O–H groups in total. The van der Waals surface area contributed by atoms with Gasteiger partial charge in [-0.2, -0.15) is 10.4 Å². The van der Waals surface area contributed by atoms with Crippen LogP contribution in [0.15, 0.2) is 53.7 Å². The molecule has 5 rings (SSSR count). The van der Waals surface area contributed by atoms with Gasteiger partial charge in [-0.3, -0.25) is 9.48 Å². The number of ether oxygens (including phenoxy) is 2. The third kappa shape index (κ3) is 5.36. The van der Waals surface area contributed by atoms with E-state index in [1.54, 1.807) is 27.9 Å². The number of halogens is 2. The zero-order valence-electron chi connectivity index (χ0n) is 22.1. The molecule has 40 heavy (non-hydrogen) atoms. The number of nitriles is 1. The summed E-state index contributed by atoms with van der Waals surface area (Å²) in [6.07, 6.45) is 4.15. The minimum absolute atomic E-state index is 0.0343. The molecule has 206 valence electrons. The van der Waals surface area contributed by atoms with Crippen molar-refractivity contribution in [3.8, 4) is 23.4 Å². The molecule has 4 aromatic rings. The highest BCUT2D eigenvalue weighted by Crippen LogP contribution is 2.31. The van der Waals surface area contributed by atoms with Crippen molar-refractivity contribution in [2.45, 2.75) is 45.3 Å². The maximum atomic E-state index is 14.3. The Morgan fingerprint density at radius 1 is 1.10 bits per heavy atom. The van der Waals surface area contributed by atoms with E-state index in [-0.39, 0.29) is 23.3 Å². The quantitative estimate of drug-likeness (QED) is 0.349. The van der Waals surface area contributed by atoms with Crippen LogP contribution >= 0.6 is 0 Å². The van der Waals surface area contributed by atoms with Gasteiger partial charge in [-0.15, -0.1) is 0 Å². The van der Waals surface area contributed by atoms with Crippen molar-refractivity contribution in [2.75, 3.05) is 13.1 Å². The van der Waals surface area contributed by atoms with Crippen molar-refractivity contribution in [1.82, 2.24) is 24.2 Å². The highest BCUT2D eigenvalue weighted by atomic mass is 19.1. The number of carbonyl (C=O) groups is 1.